The monoisotopic (exact) mass is 387 g/mol. The minimum absolute atomic E-state index is 0.143. The number of carbonyl (C=O) groups is 2. The Bertz CT molecular complexity index is 971. The Morgan fingerprint density at radius 2 is 2.12 bits per heavy atom. The molecule has 0 unspecified atom stereocenters. The van der Waals surface area contributed by atoms with Crippen LogP contribution in [0.2, 0.25) is 0 Å². The molecular weight excluding hydrogens is 370 g/mol. The van der Waals surface area contributed by atoms with Gasteiger partial charge in [-0.3, -0.25) is 9.69 Å². The predicted octanol–water partition coefficient (Wildman–Crippen LogP) is 3.08. The van der Waals surface area contributed by atoms with Crippen molar-refractivity contribution in [2.45, 2.75) is 20.3 Å². The van der Waals surface area contributed by atoms with E-state index in [0.29, 0.717) is 29.0 Å². The fraction of sp³-hybridized carbons (Fsp3) is 0.294. The lowest BCUT2D eigenvalue weighted by Gasteiger charge is -2.08. The molecule has 4 rings (SSSR count). The van der Waals surface area contributed by atoms with Crippen molar-refractivity contribution in [3.8, 4) is 0 Å². The van der Waals surface area contributed by atoms with Gasteiger partial charge in [-0.15, -0.1) is 11.3 Å². The van der Waals surface area contributed by atoms with Crippen LogP contribution in [0.1, 0.15) is 16.8 Å². The molecule has 1 aliphatic rings. The zero-order valence-electron chi connectivity index (χ0n) is 14.3. The van der Waals surface area contributed by atoms with Crippen molar-refractivity contribution >= 4 is 55.1 Å². The summed E-state index contributed by atoms with van der Waals surface area (Å²) in [4.78, 5) is 34.6. The van der Waals surface area contributed by atoms with E-state index >= 15 is 0 Å². The van der Waals surface area contributed by atoms with Crippen molar-refractivity contribution in [3.05, 3.63) is 34.3 Å². The van der Waals surface area contributed by atoms with Crippen molar-refractivity contribution in [2.75, 3.05) is 23.3 Å². The highest BCUT2D eigenvalue weighted by Gasteiger charge is 2.24. The molecule has 3 aromatic rings. The number of fused-ring (bicyclic) bond motifs is 1. The minimum Gasteiger partial charge on any atom is -0.336 e. The predicted molar refractivity (Wildman–Crippen MR) is 104 cm³/mol. The van der Waals surface area contributed by atoms with Gasteiger partial charge in [0.25, 0.3) is 0 Å². The van der Waals surface area contributed by atoms with E-state index in [1.807, 2.05) is 25.3 Å². The van der Waals surface area contributed by atoms with Crippen LogP contribution < -0.4 is 15.5 Å². The zero-order chi connectivity index (χ0) is 18.3. The number of nitrogens with zero attached hydrogens (tertiary/aromatic N) is 3. The fourth-order valence-electron chi connectivity index (χ4n) is 2.80. The number of nitrogens with one attached hydrogen (secondary N) is 2. The largest absolute Gasteiger partial charge is 0.336 e. The summed E-state index contributed by atoms with van der Waals surface area (Å²) >= 11 is 2.85. The van der Waals surface area contributed by atoms with Crippen LogP contribution in [-0.4, -0.2) is 35.0 Å². The molecule has 3 heterocycles. The molecule has 2 aromatic heterocycles. The third-order valence-corrected chi connectivity index (χ3v) is 6.18. The van der Waals surface area contributed by atoms with E-state index in [9.17, 15) is 9.59 Å². The van der Waals surface area contributed by atoms with Crippen LogP contribution in [0.25, 0.3) is 10.2 Å². The van der Waals surface area contributed by atoms with Crippen LogP contribution in [0.15, 0.2) is 17.5 Å². The number of carbonyl (C=O) groups excluding carboxylic acids is 2. The third-order valence-electron chi connectivity index (χ3n) is 4.16. The van der Waals surface area contributed by atoms with Crippen LogP contribution in [0.3, 0.4) is 0 Å². The lowest BCUT2D eigenvalue weighted by molar-refractivity contribution is -0.115. The van der Waals surface area contributed by atoms with Gasteiger partial charge in [-0.05, 0) is 25.0 Å². The highest BCUT2D eigenvalue weighted by Crippen LogP contribution is 2.31. The van der Waals surface area contributed by atoms with Crippen LogP contribution in [0, 0.1) is 13.8 Å². The molecule has 26 heavy (non-hydrogen) atoms. The number of benzene rings is 1. The van der Waals surface area contributed by atoms with Gasteiger partial charge >= 0.3 is 6.03 Å². The van der Waals surface area contributed by atoms with Gasteiger partial charge in [0.15, 0.2) is 10.3 Å². The molecule has 0 spiro atoms. The van der Waals surface area contributed by atoms with Gasteiger partial charge in [0, 0.05) is 18.5 Å². The number of urea groups is 1. The summed E-state index contributed by atoms with van der Waals surface area (Å²) in [7, 11) is 0. The first-order chi connectivity index (χ1) is 12.5. The van der Waals surface area contributed by atoms with Gasteiger partial charge in [-0.2, -0.15) is 0 Å². The first-order valence-corrected chi connectivity index (χ1v) is 9.87. The lowest BCUT2D eigenvalue weighted by Crippen LogP contribution is -2.27. The number of rotatable bonds is 4. The van der Waals surface area contributed by atoms with E-state index in [-0.39, 0.29) is 18.4 Å². The van der Waals surface area contributed by atoms with Gasteiger partial charge < -0.3 is 10.6 Å². The maximum Gasteiger partial charge on any atom is 0.323 e. The molecule has 3 amide bonds. The summed E-state index contributed by atoms with van der Waals surface area (Å²) in [5.74, 6) is -0.165. The van der Waals surface area contributed by atoms with E-state index < -0.39 is 0 Å². The van der Waals surface area contributed by atoms with Gasteiger partial charge in [0.05, 0.1) is 22.3 Å². The standard InChI is InChI=1S/C17H17N5O2S2/c1-9-3-4-10(2)14-13(9)21-15(26-14)20-12(23)7-11-8-25-17(19-11)22-6-5-18-16(22)24/h3-4,8H,5-7H2,1-2H3,(H,18,24)(H,20,21,23). The Kier molecular flexibility index (Phi) is 4.33. The second kappa shape index (κ2) is 6.65. The van der Waals surface area contributed by atoms with Crippen molar-refractivity contribution < 1.29 is 9.59 Å². The maximum atomic E-state index is 12.4. The average molecular weight is 387 g/mol. The van der Waals surface area contributed by atoms with Crippen molar-refractivity contribution in [1.29, 1.82) is 0 Å². The molecule has 0 saturated carbocycles. The molecule has 0 bridgehead atoms. The minimum atomic E-state index is -0.165. The molecule has 0 aliphatic carbocycles. The summed E-state index contributed by atoms with van der Waals surface area (Å²) in [6, 6.07) is 3.96. The van der Waals surface area contributed by atoms with E-state index in [1.54, 1.807) is 4.90 Å². The number of anilines is 2. The van der Waals surface area contributed by atoms with Crippen molar-refractivity contribution in [3.63, 3.8) is 0 Å². The van der Waals surface area contributed by atoms with Crippen LogP contribution >= 0.6 is 22.7 Å². The number of amides is 3. The Morgan fingerprint density at radius 1 is 1.31 bits per heavy atom. The van der Waals surface area contributed by atoms with E-state index in [0.717, 1.165) is 21.3 Å². The quantitative estimate of drug-likeness (QED) is 0.720. The summed E-state index contributed by atoms with van der Waals surface area (Å²) in [6.07, 6.45) is 0.153. The molecule has 7 nitrogen and oxygen atoms in total. The Balaban J connectivity index is 1.46. The van der Waals surface area contributed by atoms with Crippen molar-refractivity contribution in [2.24, 2.45) is 0 Å². The molecule has 1 saturated heterocycles. The molecule has 134 valence electrons. The average Bonchev–Trinajstić information content (AvgIpc) is 3.31. The molecule has 1 fully saturated rings. The lowest BCUT2D eigenvalue weighted by atomic mass is 10.1. The second-order valence-electron chi connectivity index (χ2n) is 6.13. The van der Waals surface area contributed by atoms with Gasteiger partial charge in [-0.25, -0.2) is 14.8 Å². The number of hydrogen-bond donors (Lipinski definition) is 2. The fourth-order valence-corrected chi connectivity index (χ4v) is 4.67. The SMILES string of the molecule is Cc1ccc(C)c2sc(NC(=O)Cc3csc(N4CCNC4=O)n3)nc12. The van der Waals surface area contributed by atoms with Gasteiger partial charge in [-0.1, -0.05) is 23.5 Å². The zero-order valence-corrected chi connectivity index (χ0v) is 16.0. The molecule has 0 radical (unpaired) electrons. The van der Waals surface area contributed by atoms with E-state index in [2.05, 4.69) is 26.7 Å². The first-order valence-electron chi connectivity index (χ1n) is 8.17. The van der Waals surface area contributed by atoms with E-state index in [4.69, 9.17) is 0 Å². The third kappa shape index (κ3) is 3.15. The molecule has 0 atom stereocenters. The summed E-state index contributed by atoms with van der Waals surface area (Å²) in [6.45, 7) is 5.27. The highest BCUT2D eigenvalue weighted by atomic mass is 32.1. The van der Waals surface area contributed by atoms with Gasteiger partial charge in [0.1, 0.15) is 0 Å². The van der Waals surface area contributed by atoms with Crippen LogP contribution in [0.4, 0.5) is 15.1 Å². The number of aromatic nitrogens is 2. The summed E-state index contributed by atoms with van der Waals surface area (Å²) < 4.78 is 1.09. The number of aryl methyl sites for hydroxylation is 2. The smallest absolute Gasteiger partial charge is 0.323 e. The topological polar surface area (TPSA) is 87.2 Å². The summed E-state index contributed by atoms with van der Waals surface area (Å²) in [5, 5.41) is 8.63. The number of hydrogen-bond acceptors (Lipinski definition) is 6. The maximum absolute atomic E-state index is 12.4. The molecule has 1 aromatic carbocycles. The summed E-state index contributed by atoms with van der Waals surface area (Å²) in [5.41, 5.74) is 3.82. The van der Waals surface area contributed by atoms with Crippen LogP contribution in [0.5, 0.6) is 0 Å². The molecule has 1 aliphatic heterocycles. The number of thiazole rings is 2. The Morgan fingerprint density at radius 3 is 2.85 bits per heavy atom. The molecule has 2 N–H and O–H groups in total. The molecular formula is C17H17N5O2S2. The Hall–Kier alpha value is -2.52. The van der Waals surface area contributed by atoms with Crippen molar-refractivity contribution in [1.82, 2.24) is 15.3 Å². The normalized spacial score (nSPS) is 14.1. The first kappa shape index (κ1) is 16.9. The van der Waals surface area contributed by atoms with Crippen LogP contribution in [-0.2, 0) is 11.2 Å². The second-order valence-corrected chi connectivity index (χ2v) is 7.96. The van der Waals surface area contributed by atoms with E-state index in [1.165, 1.54) is 22.7 Å². The highest BCUT2D eigenvalue weighted by molar-refractivity contribution is 7.22. The van der Waals surface area contributed by atoms with Gasteiger partial charge in [0.2, 0.25) is 5.91 Å². The Labute approximate surface area is 158 Å². The molecule has 9 heteroatoms.